The Morgan fingerprint density at radius 3 is 2.41 bits per heavy atom. The first-order valence-corrected chi connectivity index (χ1v) is 11.2. The van der Waals surface area contributed by atoms with E-state index in [1.807, 2.05) is 11.7 Å². The van der Waals surface area contributed by atoms with Crippen LogP contribution in [0.5, 0.6) is 0 Å². The number of aryl methyl sites for hydroxylation is 1. The van der Waals surface area contributed by atoms with Crippen molar-refractivity contribution in [2.24, 2.45) is 17.8 Å². The van der Waals surface area contributed by atoms with Crippen molar-refractivity contribution < 1.29 is 0 Å². The van der Waals surface area contributed by atoms with Crippen molar-refractivity contribution in [1.29, 1.82) is 0 Å². The van der Waals surface area contributed by atoms with Gasteiger partial charge in [-0.3, -0.25) is 0 Å². The van der Waals surface area contributed by atoms with Gasteiger partial charge in [0.25, 0.3) is 0 Å². The highest BCUT2D eigenvalue weighted by Gasteiger charge is 2.60. The number of nitrogens with one attached hydrogen (secondary N) is 1. The molecule has 150 valence electrons. The van der Waals surface area contributed by atoms with E-state index in [1.54, 1.807) is 0 Å². The van der Waals surface area contributed by atoms with Crippen molar-refractivity contribution in [2.45, 2.75) is 89.3 Å². The summed E-state index contributed by atoms with van der Waals surface area (Å²) < 4.78 is 0. The van der Waals surface area contributed by atoms with Crippen molar-refractivity contribution in [3.8, 4) is 0 Å². The molecule has 0 radical (unpaired) electrons. The zero-order valence-electron chi connectivity index (χ0n) is 17.3. The number of nitrogens with zero attached hydrogens (tertiary/aromatic N) is 5. The fraction of sp³-hybridized carbons (Fsp3) is 0.952. The summed E-state index contributed by atoms with van der Waals surface area (Å²) in [5.74, 6) is 3.26. The summed E-state index contributed by atoms with van der Waals surface area (Å²) in [6.45, 7) is 10.4. The first kappa shape index (κ1) is 18.0. The van der Waals surface area contributed by atoms with Gasteiger partial charge in [0, 0.05) is 18.1 Å². The molecule has 1 aromatic heterocycles. The molecule has 0 aromatic carbocycles. The zero-order chi connectivity index (χ0) is 18.6. The summed E-state index contributed by atoms with van der Waals surface area (Å²) in [5.41, 5.74) is 0.438. The molecule has 6 rings (SSSR count). The van der Waals surface area contributed by atoms with Gasteiger partial charge >= 0.3 is 0 Å². The highest BCUT2D eigenvalue weighted by molar-refractivity contribution is 5.14. The van der Waals surface area contributed by atoms with Gasteiger partial charge in [0.15, 0.2) is 5.82 Å². The SMILES string of the molecule is Cc1nnn(C23C[C@H]4C[C@@H](CC(NC5CCN(CC(C)C)CC5)(C4)C2)C3)n1. The van der Waals surface area contributed by atoms with Crippen LogP contribution in [0.25, 0.3) is 0 Å². The Balaban J connectivity index is 1.30. The van der Waals surface area contributed by atoms with Crippen LogP contribution in [0.15, 0.2) is 0 Å². The van der Waals surface area contributed by atoms with Crippen LogP contribution >= 0.6 is 0 Å². The van der Waals surface area contributed by atoms with Gasteiger partial charge in [-0.05, 0) is 94.3 Å². The quantitative estimate of drug-likeness (QED) is 0.861. The summed E-state index contributed by atoms with van der Waals surface area (Å²) in [6, 6.07) is 0.687. The monoisotopic (exact) mass is 372 g/mol. The third kappa shape index (κ3) is 3.33. The molecule has 4 bridgehead atoms. The predicted molar refractivity (Wildman–Crippen MR) is 105 cm³/mol. The normalized spacial score (nSPS) is 39.6. The lowest BCUT2D eigenvalue weighted by molar-refractivity contribution is -0.0901. The summed E-state index contributed by atoms with van der Waals surface area (Å²) in [7, 11) is 0. The largest absolute Gasteiger partial charge is 0.308 e. The predicted octanol–water partition coefficient (Wildman–Crippen LogP) is 2.74. The van der Waals surface area contributed by atoms with Gasteiger partial charge in [-0.25, -0.2) is 0 Å². The molecule has 0 amide bonds. The van der Waals surface area contributed by atoms with Gasteiger partial charge in [-0.2, -0.15) is 4.80 Å². The number of rotatable bonds is 5. The van der Waals surface area contributed by atoms with E-state index < -0.39 is 0 Å². The second-order valence-electron chi connectivity index (χ2n) is 10.7. The third-order valence-corrected chi connectivity index (χ3v) is 7.69. The maximum Gasteiger partial charge on any atom is 0.171 e. The molecule has 1 aromatic rings. The van der Waals surface area contributed by atoms with Crippen LogP contribution < -0.4 is 5.32 Å². The molecule has 5 fully saturated rings. The zero-order valence-corrected chi connectivity index (χ0v) is 17.3. The van der Waals surface area contributed by atoms with Gasteiger partial charge in [0.05, 0.1) is 5.54 Å². The Labute approximate surface area is 163 Å². The van der Waals surface area contributed by atoms with Crippen LogP contribution in [-0.4, -0.2) is 56.3 Å². The Bertz CT molecular complexity index is 660. The van der Waals surface area contributed by atoms with E-state index in [1.165, 1.54) is 71.0 Å². The van der Waals surface area contributed by atoms with Crippen molar-refractivity contribution in [1.82, 2.24) is 30.4 Å². The third-order valence-electron chi connectivity index (χ3n) is 7.69. The van der Waals surface area contributed by atoms with Crippen molar-refractivity contribution >= 4 is 0 Å². The maximum absolute atomic E-state index is 4.68. The van der Waals surface area contributed by atoms with Gasteiger partial charge in [-0.15, -0.1) is 10.2 Å². The molecule has 1 saturated heterocycles. The molecule has 6 nitrogen and oxygen atoms in total. The van der Waals surface area contributed by atoms with E-state index in [0.29, 0.717) is 11.6 Å². The molecular formula is C21H36N6. The number of tetrazole rings is 1. The second kappa shape index (κ2) is 6.51. The summed E-state index contributed by atoms with van der Waals surface area (Å²) in [4.78, 5) is 4.67. The molecule has 4 aliphatic carbocycles. The number of hydrogen-bond donors (Lipinski definition) is 1. The molecule has 2 atom stereocenters. The summed E-state index contributed by atoms with van der Waals surface area (Å²) in [5, 5.41) is 17.6. The first-order valence-electron chi connectivity index (χ1n) is 11.2. The second-order valence-corrected chi connectivity index (χ2v) is 10.7. The van der Waals surface area contributed by atoms with Crippen LogP contribution in [0.4, 0.5) is 0 Å². The molecule has 4 saturated carbocycles. The van der Waals surface area contributed by atoms with E-state index in [4.69, 9.17) is 0 Å². The fourth-order valence-electron chi connectivity index (χ4n) is 7.31. The highest BCUT2D eigenvalue weighted by atomic mass is 15.6. The van der Waals surface area contributed by atoms with Crippen molar-refractivity contribution in [3.63, 3.8) is 0 Å². The van der Waals surface area contributed by atoms with Gasteiger partial charge < -0.3 is 10.2 Å². The maximum atomic E-state index is 4.68. The number of likely N-dealkylation sites (tertiary alicyclic amines) is 1. The average molecular weight is 373 g/mol. The number of hydrogen-bond acceptors (Lipinski definition) is 5. The molecule has 0 spiro atoms. The van der Waals surface area contributed by atoms with Crippen LogP contribution in [0.2, 0.25) is 0 Å². The van der Waals surface area contributed by atoms with Gasteiger partial charge in [0.2, 0.25) is 0 Å². The molecule has 27 heavy (non-hydrogen) atoms. The Morgan fingerprint density at radius 2 is 1.81 bits per heavy atom. The van der Waals surface area contributed by atoms with Crippen LogP contribution in [0.1, 0.15) is 71.0 Å². The van der Waals surface area contributed by atoms with E-state index in [2.05, 4.69) is 39.5 Å². The topological polar surface area (TPSA) is 58.9 Å². The minimum absolute atomic E-state index is 0.122. The lowest BCUT2D eigenvalue weighted by Gasteiger charge is -2.62. The molecule has 0 unspecified atom stereocenters. The fourth-order valence-corrected chi connectivity index (χ4v) is 7.31. The summed E-state index contributed by atoms with van der Waals surface area (Å²) in [6.07, 6.45) is 10.5. The summed E-state index contributed by atoms with van der Waals surface area (Å²) >= 11 is 0. The standard InChI is InChI=1S/C21H36N6/c1-15(2)13-26-6-4-19(5-7-26)22-20-9-17-8-18(10-20)12-21(11-17,14-20)27-24-16(3)23-25-27/h15,17-19,22H,4-14H2,1-3H3/t17-,18-,20?,21?/m0/s1. The molecule has 1 aliphatic heterocycles. The Morgan fingerprint density at radius 1 is 1.11 bits per heavy atom. The minimum Gasteiger partial charge on any atom is -0.308 e. The van der Waals surface area contributed by atoms with E-state index in [-0.39, 0.29) is 5.54 Å². The minimum atomic E-state index is 0.122. The molecule has 6 heteroatoms. The van der Waals surface area contributed by atoms with E-state index in [9.17, 15) is 0 Å². The van der Waals surface area contributed by atoms with Crippen molar-refractivity contribution in [3.05, 3.63) is 5.82 Å². The highest BCUT2D eigenvalue weighted by Crippen LogP contribution is 2.60. The molecular weight excluding hydrogens is 336 g/mol. The smallest absolute Gasteiger partial charge is 0.171 e. The Kier molecular flexibility index (Phi) is 4.35. The molecule has 1 N–H and O–H groups in total. The van der Waals surface area contributed by atoms with Gasteiger partial charge in [-0.1, -0.05) is 13.8 Å². The number of piperidine rings is 1. The molecule has 2 heterocycles. The lowest BCUT2D eigenvalue weighted by atomic mass is 9.50. The van der Waals surface area contributed by atoms with Gasteiger partial charge in [0.1, 0.15) is 0 Å². The van der Waals surface area contributed by atoms with E-state index in [0.717, 1.165) is 23.6 Å². The van der Waals surface area contributed by atoms with Crippen molar-refractivity contribution in [2.75, 3.05) is 19.6 Å². The van der Waals surface area contributed by atoms with Crippen LogP contribution in [-0.2, 0) is 5.54 Å². The van der Waals surface area contributed by atoms with Crippen LogP contribution in [0, 0.1) is 24.7 Å². The average Bonchev–Trinajstić information content (AvgIpc) is 3.02. The van der Waals surface area contributed by atoms with E-state index >= 15 is 0 Å². The van der Waals surface area contributed by atoms with Crippen LogP contribution in [0.3, 0.4) is 0 Å². The molecule has 5 aliphatic rings. The first-order chi connectivity index (χ1) is 12.9. The Hall–Kier alpha value is -1.01. The number of aromatic nitrogens is 4. The lowest BCUT2D eigenvalue weighted by Crippen LogP contribution is -2.67.